The summed E-state index contributed by atoms with van der Waals surface area (Å²) < 4.78 is 0. The third kappa shape index (κ3) is 14.9. The molecule has 0 aliphatic carbocycles. The van der Waals surface area contributed by atoms with Gasteiger partial charge in [-0.2, -0.15) is 0 Å². The van der Waals surface area contributed by atoms with Gasteiger partial charge >= 0.3 is 0 Å². The molecule has 0 fully saturated rings. The molecule has 0 bridgehead atoms. The maximum atomic E-state index is 2.43. The molecule has 0 atom stereocenters. The number of hydrogen-bond acceptors (Lipinski definition) is 0. The smallest absolute Gasteiger partial charge is 0.00199 e. The molecule has 0 N–H and O–H groups in total. The largest absolute Gasteiger partial charge is 0.0622 e. The Morgan fingerprint density at radius 2 is 0.290 bits per heavy atom. The van der Waals surface area contributed by atoms with Gasteiger partial charge in [0.2, 0.25) is 0 Å². The fourth-order valence-electron chi connectivity index (χ4n) is 22.0. The molecule has 27 rings (SSSR count). The molecule has 0 saturated heterocycles. The van der Waals surface area contributed by atoms with Gasteiger partial charge in [0.05, 0.1) is 0 Å². The minimum atomic E-state index is 1.22. The van der Waals surface area contributed by atoms with Gasteiger partial charge in [0, 0.05) is 0 Å². The van der Waals surface area contributed by atoms with Crippen LogP contribution in [0.3, 0.4) is 0 Å². The molecule has 0 saturated carbocycles. The molecular weight excluding hydrogens is 1660 g/mol. The molecule has 0 radical (unpaired) electrons. The van der Waals surface area contributed by atoms with Gasteiger partial charge in [-0.1, -0.05) is 510 Å². The van der Waals surface area contributed by atoms with E-state index in [-0.39, 0.29) is 0 Å². The van der Waals surface area contributed by atoms with Gasteiger partial charge in [0.1, 0.15) is 0 Å². The first-order chi connectivity index (χ1) is 68.5. The molecule has 0 spiro atoms. The minimum absolute atomic E-state index is 1.22. The minimum Gasteiger partial charge on any atom is -0.0622 e. The maximum absolute atomic E-state index is 2.43. The van der Waals surface area contributed by atoms with Crippen LogP contribution in [0.15, 0.2) is 546 Å². The molecular formula is C138H90. The van der Waals surface area contributed by atoms with Crippen LogP contribution in [0.5, 0.6) is 0 Å². The van der Waals surface area contributed by atoms with E-state index in [0.717, 1.165) is 0 Å². The van der Waals surface area contributed by atoms with Crippen LogP contribution in [0, 0.1) is 0 Å². The summed E-state index contributed by atoms with van der Waals surface area (Å²) in [6.07, 6.45) is 0. The summed E-state index contributed by atoms with van der Waals surface area (Å²) in [6, 6.07) is 200. The molecule has 27 aromatic rings. The van der Waals surface area contributed by atoms with Crippen LogP contribution in [-0.4, -0.2) is 0 Å². The first-order valence-electron chi connectivity index (χ1n) is 47.8. The molecule has 642 valence electrons. The SMILES string of the molecule is c1ccc(-c2ccc(-c3c4ccccc4c(-c4ccc5ccccc5c4)c4cc(-c5ccc6ccccc6c5)ccc34)c3ccccc23)cc1.c1ccc(-c2ccc3c(-c4ccc(-c5ccccc5)c5ccccc45)c4ccccc4c(-c4ccc5ccccc5c4)c3c2)cc1.c1ccc(-c2ccc3c(-c4ccccc4-c4ccccc4)c4ccccc4c(-c4cccc5ccccc45)c3c2)cc1. The summed E-state index contributed by atoms with van der Waals surface area (Å²) in [6.45, 7) is 0. The number of rotatable bonds is 12. The fraction of sp³-hybridized carbons (Fsp3) is 0. The highest BCUT2D eigenvalue weighted by molar-refractivity contribution is 6.29. The molecule has 0 heterocycles. The lowest BCUT2D eigenvalue weighted by atomic mass is 9.82. The van der Waals surface area contributed by atoms with Crippen molar-refractivity contribution in [2.75, 3.05) is 0 Å². The third-order valence-electron chi connectivity index (χ3n) is 28.3. The highest BCUT2D eigenvalue weighted by Gasteiger charge is 2.26. The van der Waals surface area contributed by atoms with E-state index in [2.05, 4.69) is 546 Å². The Hall–Kier alpha value is -17.9. The Kier molecular flexibility index (Phi) is 21.1. The van der Waals surface area contributed by atoms with Gasteiger partial charge < -0.3 is 0 Å². The Morgan fingerprint density at radius 1 is 0.0725 bits per heavy atom. The van der Waals surface area contributed by atoms with E-state index in [1.54, 1.807) is 0 Å². The average Bonchev–Trinajstić information content (AvgIpc) is 0.726. The van der Waals surface area contributed by atoms with Crippen LogP contribution in [0.4, 0.5) is 0 Å². The van der Waals surface area contributed by atoms with Crippen LogP contribution in [0.2, 0.25) is 0 Å². The van der Waals surface area contributed by atoms with Crippen molar-refractivity contribution in [3.05, 3.63) is 546 Å². The van der Waals surface area contributed by atoms with E-state index >= 15 is 0 Å². The van der Waals surface area contributed by atoms with Gasteiger partial charge in [-0.3, -0.25) is 0 Å². The highest BCUT2D eigenvalue weighted by Crippen LogP contribution is 2.53. The van der Waals surface area contributed by atoms with Crippen molar-refractivity contribution in [3.63, 3.8) is 0 Å². The van der Waals surface area contributed by atoms with Crippen molar-refractivity contribution in [3.8, 4) is 134 Å². The summed E-state index contributed by atoms with van der Waals surface area (Å²) >= 11 is 0. The van der Waals surface area contributed by atoms with E-state index in [1.807, 2.05) is 0 Å². The average molecular weight is 1750 g/mol. The number of fused-ring (bicyclic) bond motifs is 12. The molecule has 138 heavy (non-hydrogen) atoms. The zero-order valence-corrected chi connectivity index (χ0v) is 76.0. The van der Waals surface area contributed by atoms with Gasteiger partial charge in [-0.15, -0.1) is 0 Å². The van der Waals surface area contributed by atoms with Gasteiger partial charge in [-0.05, 0) is 299 Å². The zero-order chi connectivity index (χ0) is 91.4. The zero-order valence-electron chi connectivity index (χ0n) is 76.0. The van der Waals surface area contributed by atoms with E-state index in [4.69, 9.17) is 0 Å². The molecule has 0 unspecified atom stereocenters. The number of benzene rings is 27. The molecule has 0 aliphatic rings. The van der Waals surface area contributed by atoms with Crippen molar-refractivity contribution in [1.29, 1.82) is 0 Å². The second kappa shape index (κ2) is 35.5. The Morgan fingerprint density at radius 3 is 0.688 bits per heavy atom. The van der Waals surface area contributed by atoms with Crippen molar-refractivity contribution >= 4 is 129 Å². The van der Waals surface area contributed by atoms with Crippen molar-refractivity contribution in [2.45, 2.75) is 0 Å². The van der Waals surface area contributed by atoms with Gasteiger partial charge in [0.25, 0.3) is 0 Å². The predicted molar refractivity (Wildman–Crippen MR) is 595 cm³/mol. The van der Waals surface area contributed by atoms with Gasteiger partial charge in [0.15, 0.2) is 0 Å². The van der Waals surface area contributed by atoms with Crippen LogP contribution in [0.1, 0.15) is 0 Å². The highest BCUT2D eigenvalue weighted by atomic mass is 14.3. The quantitative estimate of drug-likeness (QED) is 0.107. The van der Waals surface area contributed by atoms with Crippen molar-refractivity contribution in [2.24, 2.45) is 0 Å². The van der Waals surface area contributed by atoms with Crippen molar-refractivity contribution in [1.82, 2.24) is 0 Å². The fourth-order valence-corrected chi connectivity index (χ4v) is 22.0. The van der Waals surface area contributed by atoms with E-state index in [1.165, 1.54) is 263 Å². The van der Waals surface area contributed by atoms with E-state index in [0.29, 0.717) is 0 Å². The van der Waals surface area contributed by atoms with Crippen LogP contribution < -0.4 is 0 Å². The van der Waals surface area contributed by atoms with E-state index in [9.17, 15) is 0 Å². The second-order valence-corrected chi connectivity index (χ2v) is 36.2. The Bertz CT molecular complexity index is 9420. The molecule has 0 nitrogen and oxygen atoms in total. The number of hydrogen-bond donors (Lipinski definition) is 0. The molecule has 27 aromatic carbocycles. The first kappa shape index (κ1) is 82.0. The normalized spacial score (nSPS) is 11.5. The topological polar surface area (TPSA) is 0 Å². The monoisotopic (exact) mass is 1750 g/mol. The van der Waals surface area contributed by atoms with Crippen LogP contribution in [0.25, 0.3) is 263 Å². The Labute approximate surface area is 802 Å². The summed E-state index contributed by atoms with van der Waals surface area (Å²) in [5, 5.41) is 30.3. The summed E-state index contributed by atoms with van der Waals surface area (Å²) in [7, 11) is 0. The summed E-state index contributed by atoms with van der Waals surface area (Å²) in [5.74, 6) is 0. The van der Waals surface area contributed by atoms with Gasteiger partial charge in [-0.25, -0.2) is 0 Å². The molecule has 0 heteroatoms. The van der Waals surface area contributed by atoms with Crippen LogP contribution >= 0.6 is 0 Å². The molecule has 0 amide bonds. The van der Waals surface area contributed by atoms with E-state index < -0.39 is 0 Å². The Balaban J connectivity index is 0.000000110. The van der Waals surface area contributed by atoms with Crippen LogP contribution in [-0.2, 0) is 0 Å². The summed E-state index contributed by atoms with van der Waals surface area (Å²) in [5.41, 5.74) is 30.0. The maximum Gasteiger partial charge on any atom is -0.00199 e. The van der Waals surface area contributed by atoms with Crippen molar-refractivity contribution < 1.29 is 0 Å². The first-order valence-corrected chi connectivity index (χ1v) is 47.8. The standard InChI is InChI=1S/C50H32.C46H30.C42H28/c1-2-14-35(15-3-1)41-28-29-46(43-19-9-8-18-42(41)43)50-45-21-11-10-20-44(45)49(40-25-23-34-13-5-7-17-37(34)31-40)48-32-39(26-27-47(48)50)38-24-22-33-12-4-6-16-36(33)30-38;1-3-13-31(14-4-1)35-25-26-43-44(30-35)45(36-24-23-32-15-7-8-18-34(32)29-36)40-21-11-12-22-41(40)46(43)42-28-27-37(33-16-5-2-6-17-33)38-19-9-10-20-39(38)42;1-3-14-29(15-4-1)32-26-27-39-40(28-32)42(36-25-13-19-31-18-7-8-20-34(31)36)38-24-12-11-23-37(38)41(39)35-22-10-9-21-33(35)30-16-5-2-6-17-30/h1-32H;1-30H;1-28H. The summed E-state index contributed by atoms with van der Waals surface area (Å²) in [4.78, 5) is 0. The third-order valence-corrected chi connectivity index (χ3v) is 28.3. The molecule has 0 aromatic heterocycles. The lowest BCUT2D eigenvalue weighted by Gasteiger charge is -2.21. The second-order valence-electron chi connectivity index (χ2n) is 36.2. The predicted octanol–water partition coefficient (Wildman–Crippen LogP) is 38.9. The lowest BCUT2D eigenvalue weighted by Crippen LogP contribution is -1.94. The lowest BCUT2D eigenvalue weighted by molar-refractivity contribution is 1.60. The molecule has 0 aliphatic heterocycles.